The highest BCUT2D eigenvalue weighted by atomic mass is 32.2. The Labute approximate surface area is 105 Å². The molecule has 1 aromatic carbocycles. The fourth-order valence-corrected chi connectivity index (χ4v) is 3.33. The van der Waals surface area contributed by atoms with Crippen molar-refractivity contribution >= 4 is 16.0 Å². The van der Waals surface area contributed by atoms with Gasteiger partial charge < -0.3 is 9.84 Å². The average Bonchev–Trinajstić information content (AvgIpc) is 2.25. The summed E-state index contributed by atoms with van der Waals surface area (Å²) in [5, 5.41) is 8.85. The minimum Gasteiger partial charge on any atom is -0.495 e. The first-order valence-electron chi connectivity index (χ1n) is 5.38. The summed E-state index contributed by atoms with van der Waals surface area (Å²) in [4.78, 5) is 10.8. The van der Waals surface area contributed by atoms with Gasteiger partial charge in [0, 0.05) is 13.1 Å². The van der Waals surface area contributed by atoms with Gasteiger partial charge in [0.25, 0.3) is 0 Å². The molecular weight excluding hydrogens is 258 g/mol. The number of carboxylic acids is 1. The van der Waals surface area contributed by atoms with Crippen molar-refractivity contribution in [2.75, 3.05) is 20.2 Å². The summed E-state index contributed by atoms with van der Waals surface area (Å²) in [6.07, 6.45) is 0.842. The lowest BCUT2D eigenvalue weighted by atomic mass is 10.2. The maximum atomic E-state index is 12.2. The van der Waals surface area contributed by atoms with Gasteiger partial charge in [-0.2, -0.15) is 4.31 Å². The monoisotopic (exact) mass is 271 g/mol. The number of rotatable bonds is 4. The highest BCUT2D eigenvalue weighted by molar-refractivity contribution is 7.89. The number of carbonyl (C=O) groups is 1. The molecule has 1 saturated heterocycles. The number of carboxylic acid groups (broad SMARTS) is 1. The molecule has 1 heterocycles. The van der Waals surface area contributed by atoms with Crippen LogP contribution < -0.4 is 4.74 Å². The molecule has 0 radical (unpaired) electrons. The van der Waals surface area contributed by atoms with Crippen molar-refractivity contribution in [2.24, 2.45) is 0 Å². The summed E-state index contributed by atoms with van der Waals surface area (Å²) in [6, 6.07) is 3.75. The minimum atomic E-state index is -3.57. The van der Waals surface area contributed by atoms with Gasteiger partial charge >= 0.3 is 5.97 Å². The van der Waals surface area contributed by atoms with Crippen molar-refractivity contribution < 1.29 is 23.1 Å². The van der Waals surface area contributed by atoms with E-state index in [1.807, 2.05) is 0 Å². The quantitative estimate of drug-likeness (QED) is 0.875. The van der Waals surface area contributed by atoms with Gasteiger partial charge in [-0.15, -0.1) is 0 Å². The second kappa shape index (κ2) is 4.58. The summed E-state index contributed by atoms with van der Waals surface area (Å²) >= 11 is 0. The largest absolute Gasteiger partial charge is 0.495 e. The van der Waals surface area contributed by atoms with Crippen LogP contribution >= 0.6 is 0 Å². The van der Waals surface area contributed by atoms with Gasteiger partial charge in [-0.1, -0.05) is 0 Å². The van der Waals surface area contributed by atoms with E-state index in [-0.39, 0.29) is 16.2 Å². The molecule has 0 amide bonds. The van der Waals surface area contributed by atoms with Gasteiger partial charge in [-0.05, 0) is 24.6 Å². The molecule has 0 saturated carbocycles. The van der Waals surface area contributed by atoms with E-state index in [2.05, 4.69) is 0 Å². The number of benzene rings is 1. The minimum absolute atomic E-state index is 0.00518. The Morgan fingerprint density at radius 1 is 1.39 bits per heavy atom. The molecule has 0 spiro atoms. The number of methoxy groups -OCH3 is 1. The predicted octanol–water partition coefficient (Wildman–Crippen LogP) is 0.788. The number of nitrogens with zero attached hydrogens (tertiary/aromatic N) is 1. The Bertz CT molecular complexity index is 577. The molecule has 6 nitrogen and oxygen atoms in total. The molecule has 0 aliphatic carbocycles. The van der Waals surface area contributed by atoms with E-state index in [9.17, 15) is 13.2 Å². The van der Waals surface area contributed by atoms with Crippen LogP contribution in [0.1, 0.15) is 16.8 Å². The van der Waals surface area contributed by atoms with E-state index >= 15 is 0 Å². The average molecular weight is 271 g/mol. The lowest BCUT2D eigenvalue weighted by Crippen LogP contribution is -2.42. The van der Waals surface area contributed by atoms with Crippen LogP contribution in [0.3, 0.4) is 0 Å². The number of sulfonamides is 1. The number of aromatic carboxylic acids is 1. The van der Waals surface area contributed by atoms with E-state index in [0.717, 1.165) is 6.42 Å². The molecule has 7 heteroatoms. The first-order valence-corrected chi connectivity index (χ1v) is 6.82. The fraction of sp³-hybridized carbons (Fsp3) is 0.364. The van der Waals surface area contributed by atoms with Crippen LogP contribution in [0, 0.1) is 0 Å². The maximum Gasteiger partial charge on any atom is 0.335 e. The Hall–Kier alpha value is -1.60. The molecule has 18 heavy (non-hydrogen) atoms. The van der Waals surface area contributed by atoms with E-state index in [1.165, 1.54) is 29.6 Å². The topological polar surface area (TPSA) is 83.9 Å². The molecule has 98 valence electrons. The molecule has 1 aliphatic heterocycles. The van der Waals surface area contributed by atoms with Crippen molar-refractivity contribution in [3.8, 4) is 5.75 Å². The molecule has 2 rings (SSSR count). The first kappa shape index (κ1) is 12.8. The van der Waals surface area contributed by atoms with Gasteiger partial charge in [0.1, 0.15) is 10.6 Å². The Kier molecular flexibility index (Phi) is 3.27. The third-order valence-corrected chi connectivity index (χ3v) is 4.78. The molecule has 1 N–H and O–H groups in total. The second-order valence-electron chi connectivity index (χ2n) is 3.93. The molecule has 0 atom stereocenters. The number of hydrogen-bond acceptors (Lipinski definition) is 4. The SMILES string of the molecule is COc1cc(C(=O)O)ccc1S(=O)(=O)N1CCC1. The van der Waals surface area contributed by atoms with E-state index in [1.54, 1.807) is 0 Å². The van der Waals surface area contributed by atoms with Crippen molar-refractivity contribution in [3.05, 3.63) is 23.8 Å². The summed E-state index contributed by atoms with van der Waals surface area (Å²) in [6.45, 7) is 0.984. The number of hydrogen-bond donors (Lipinski definition) is 1. The first-order chi connectivity index (χ1) is 8.46. The zero-order chi connectivity index (χ0) is 13.3. The lowest BCUT2D eigenvalue weighted by molar-refractivity contribution is 0.0696. The van der Waals surface area contributed by atoms with Gasteiger partial charge in [-0.3, -0.25) is 0 Å². The summed E-state index contributed by atoms with van der Waals surface area (Å²) in [5.74, 6) is -1.07. The van der Waals surface area contributed by atoms with Crippen LogP contribution in [0.25, 0.3) is 0 Å². The third-order valence-electron chi connectivity index (χ3n) is 2.84. The van der Waals surface area contributed by atoms with Crippen molar-refractivity contribution in [1.29, 1.82) is 0 Å². The standard InChI is InChI=1S/C11H13NO5S/c1-17-9-7-8(11(13)14)3-4-10(9)18(15,16)12-5-2-6-12/h3-4,7H,2,5-6H2,1H3,(H,13,14). The predicted molar refractivity (Wildman–Crippen MR) is 63.3 cm³/mol. The normalized spacial score (nSPS) is 16.1. The fourth-order valence-electron chi connectivity index (χ4n) is 1.68. The van der Waals surface area contributed by atoms with Crippen LogP contribution in [0.15, 0.2) is 23.1 Å². The van der Waals surface area contributed by atoms with Gasteiger partial charge in [0.2, 0.25) is 10.0 Å². The van der Waals surface area contributed by atoms with E-state index < -0.39 is 16.0 Å². The van der Waals surface area contributed by atoms with E-state index in [4.69, 9.17) is 9.84 Å². The lowest BCUT2D eigenvalue weighted by Gasteiger charge is -2.30. The van der Waals surface area contributed by atoms with Crippen molar-refractivity contribution in [3.63, 3.8) is 0 Å². The Morgan fingerprint density at radius 2 is 2.06 bits per heavy atom. The highest BCUT2D eigenvalue weighted by Gasteiger charge is 2.32. The molecule has 0 unspecified atom stereocenters. The van der Waals surface area contributed by atoms with Crippen molar-refractivity contribution in [2.45, 2.75) is 11.3 Å². The van der Waals surface area contributed by atoms with Crippen LogP contribution in [0.2, 0.25) is 0 Å². The highest BCUT2D eigenvalue weighted by Crippen LogP contribution is 2.30. The Balaban J connectivity index is 2.47. The Morgan fingerprint density at radius 3 is 2.50 bits per heavy atom. The molecule has 0 bridgehead atoms. The maximum absolute atomic E-state index is 12.2. The molecule has 1 aliphatic rings. The zero-order valence-corrected chi connectivity index (χ0v) is 10.6. The zero-order valence-electron chi connectivity index (χ0n) is 9.79. The number of ether oxygens (including phenoxy) is 1. The summed E-state index contributed by atoms with van der Waals surface area (Å²) in [7, 11) is -2.26. The van der Waals surface area contributed by atoms with Crippen LogP contribution in [0.5, 0.6) is 5.75 Å². The van der Waals surface area contributed by atoms with Crippen LogP contribution in [0.4, 0.5) is 0 Å². The van der Waals surface area contributed by atoms with Crippen LogP contribution in [-0.4, -0.2) is 44.0 Å². The molecular formula is C11H13NO5S. The van der Waals surface area contributed by atoms with E-state index in [0.29, 0.717) is 13.1 Å². The summed E-state index contributed by atoms with van der Waals surface area (Å²) in [5.41, 5.74) is -0.00518. The summed E-state index contributed by atoms with van der Waals surface area (Å²) < 4.78 is 30.7. The van der Waals surface area contributed by atoms with Crippen molar-refractivity contribution in [1.82, 2.24) is 4.31 Å². The van der Waals surface area contributed by atoms with Gasteiger partial charge in [0.15, 0.2) is 0 Å². The molecule has 0 aromatic heterocycles. The van der Waals surface area contributed by atoms with Crippen LogP contribution in [-0.2, 0) is 10.0 Å². The third kappa shape index (κ3) is 2.06. The van der Waals surface area contributed by atoms with Gasteiger partial charge in [0.05, 0.1) is 12.7 Å². The molecule has 1 aromatic rings. The second-order valence-corrected chi connectivity index (χ2v) is 5.83. The smallest absolute Gasteiger partial charge is 0.335 e. The van der Waals surface area contributed by atoms with Gasteiger partial charge in [-0.25, -0.2) is 13.2 Å². The molecule has 1 fully saturated rings.